The second-order valence-corrected chi connectivity index (χ2v) is 6.29. The molecule has 0 spiro atoms. The van der Waals surface area contributed by atoms with Crippen LogP contribution in [-0.4, -0.2) is 29.6 Å². The number of amides is 1. The summed E-state index contributed by atoms with van der Waals surface area (Å²) < 4.78 is 10.5. The molecule has 24 heavy (non-hydrogen) atoms. The Labute approximate surface area is 148 Å². The fourth-order valence-corrected chi connectivity index (χ4v) is 2.80. The van der Waals surface area contributed by atoms with Crippen LogP contribution in [0.4, 0.5) is 5.13 Å². The zero-order chi connectivity index (χ0) is 17.7. The molecule has 0 bridgehead atoms. The molecule has 2 aromatic rings. The first kappa shape index (κ1) is 18.2. The normalized spacial score (nSPS) is 11.7. The molecule has 1 aromatic carbocycles. The number of benzene rings is 1. The van der Waals surface area contributed by atoms with Crippen molar-refractivity contribution in [2.24, 2.45) is 0 Å². The molecule has 1 amide bonds. The largest absolute Gasteiger partial charge is 0.481 e. The Bertz CT molecular complexity index is 730. The van der Waals surface area contributed by atoms with Crippen molar-refractivity contribution in [3.63, 3.8) is 0 Å². The number of ether oxygens (including phenoxy) is 2. The van der Waals surface area contributed by atoms with E-state index in [9.17, 15) is 9.59 Å². The van der Waals surface area contributed by atoms with Gasteiger partial charge in [-0.1, -0.05) is 22.9 Å². The molecular weight excluding hydrogens is 352 g/mol. The van der Waals surface area contributed by atoms with Crippen molar-refractivity contribution < 1.29 is 19.1 Å². The molecule has 0 radical (unpaired) electrons. The molecule has 0 saturated heterocycles. The van der Waals surface area contributed by atoms with Crippen LogP contribution in [0.2, 0.25) is 5.02 Å². The summed E-state index contributed by atoms with van der Waals surface area (Å²) >= 11 is 6.87. The summed E-state index contributed by atoms with van der Waals surface area (Å²) in [7, 11) is 0. The van der Waals surface area contributed by atoms with E-state index in [1.54, 1.807) is 45.0 Å². The molecule has 0 aliphatic rings. The van der Waals surface area contributed by atoms with Crippen molar-refractivity contribution in [1.82, 2.24) is 4.98 Å². The van der Waals surface area contributed by atoms with Crippen LogP contribution in [-0.2, 0) is 9.53 Å². The Morgan fingerprint density at radius 2 is 2.00 bits per heavy atom. The van der Waals surface area contributed by atoms with E-state index in [1.165, 1.54) is 0 Å². The van der Waals surface area contributed by atoms with Crippen LogP contribution in [0.1, 0.15) is 29.2 Å². The van der Waals surface area contributed by atoms with Gasteiger partial charge in [0.05, 0.1) is 12.3 Å². The minimum Gasteiger partial charge on any atom is -0.481 e. The molecule has 0 saturated carbocycles. The van der Waals surface area contributed by atoms with E-state index < -0.39 is 12.1 Å². The van der Waals surface area contributed by atoms with Crippen molar-refractivity contribution in [1.29, 1.82) is 0 Å². The fraction of sp³-hybridized carbons (Fsp3) is 0.312. The average molecular weight is 369 g/mol. The Balaban J connectivity index is 1.99. The van der Waals surface area contributed by atoms with Crippen molar-refractivity contribution in [3.8, 4) is 5.75 Å². The van der Waals surface area contributed by atoms with Crippen molar-refractivity contribution >= 4 is 39.9 Å². The van der Waals surface area contributed by atoms with Crippen molar-refractivity contribution in [2.45, 2.75) is 26.9 Å². The van der Waals surface area contributed by atoms with Gasteiger partial charge in [-0.25, -0.2) is 9.78 Å². The number of halogens is 1. The van der Waals surface area contributed by atoms with E-state index in [0.29, 0.717) is 26.5 Å². The third kappa shape index (κ3) is 4.69. The number of anilines is 1. The van der Waals surface area contributed by atoms with Crippen LogP contribution in [0, 0.1) is 6.92 Å². The maximum Gasteiger partial charge on any atom is 0.350 e. The third-order valence-electron chi connectivity index (χ3n) is 2.98. The summed E-state index contributed by atoms with van der Waals surface area (Å²) in [5.74, 6) is -0.280. The highest BCUT2D eigenvalue weighted by molar-refractivity contribution is 7.17. The van der Waals surface area contributed by atoms with E-state index in [1.807, 2.05) is 0 Å². The van der Waals surface area contributed by atoms with Crippen LogP contribution in [0.25, 0.3) is 0 Å². The van der Waals surface area contributed by atoms with Crippen LogP contribution in [0.5, 0.6) is 5.75 Å². The summed E-state index contributed by atoms with van der Waals surface area (Å²) in [5, 5.41) is 3.55. The van der Waals surface area contributed by atoms with Gasteiger partial charge in [0, 0.05) is 5.02 Å². The van der Waals surface area contributed by atoms with Crippen molar-refractivity contribution in [2.75, 3.05) is 11.9 Å². The van der Waals surface area contributed by atoms with Gasteiger partial charge >= 0.3 is 5.97 Å². The van der Waals surface area contributed by atoms with E-state index >= 15 is 0 Å². The first-order valence-electron chi connectivity index (χ1n) is 7.28. The molecule has 0 aliphatic carbocycles. The van der Waals surface area contributed by atoms with Crippen molar-refractivity contribution in [3.05, 3.63) is 39.9 Å². The van der Waals surface area contributed by atoms with Gasteiger partial charge < -0.3 is 9.47 Å². The predicted molar refractivity (Wildman–Crippen MR) is 93.0 cm³/mol. The quantitative estimate of drug-likeness (QED) is 0.787. The molecule has 1 aromatic heterocycles. The van der Waals surface area contributed by atoms with E-state index in [2.05, 4.69) is 10.3 Å². The first-order chi connectivity index (χ1) is 11.4. The minimum atomic E-state index is -0.735. The number of esters is 1. The average Bonchev–Trinajstić information content (AvgIpc) is 2.90. The van der Waals surface area contributed by atoms with Gasteiger partial charge in [0.15, 0.2) is 11.2 Å². The predicted octanol–water partition coefficient (Wildman–Crippen LogP) is 3.69. The Hall–Kier alpha value is -2.12. The summed E-state index contributed by atoms with van der Waals surface area (Å²) in [6, 6.07) is 6.71. The Kier molecular flexibility index (Phi) is 6.16. The standard InChI is InChI=1S/C16H17ClN2O4S/c1-4-22-15(21)13-9(2)18-16(24-13)19-14(20)10(3)23-12-7-5-11(17)6-8-12/h5-8,10H,4H2,1-3H3,(H,18,19,20)/t10-/m1/s1. The number of hydrogen-bond donors (Lipinski definition) is 1. The van der Waals surface area contributed by atoms with E-state index in [-0.39, 0.29) is 12.5 Å². The number of nitrogens with one attached hydrogen (secondary N) is 1. The number of hydrogen-bond acceptors (Lipinski definition) is 6. The van der Waals surface area contributed by atoms with Crippen LogP contribution in [0.3, 0.4) is 0 Å². The SMILES string of the molecule is CCOC(=O)c1sc(NC(=O)[C@@H](C)Oc2ccc(Cl)cc2)nc1C. The second-order valence-electron chi connectivity index (χ2n) is 4.86. The third-order valence-corrected chi connectivity index (χ3v) is 4.29. The van der Waals surface area contributed by atoms with E-state index in [4.69, 9.17) is 21.1 Å². The second kappa shape index (κ2) is 8.12. The highest BCUT2D eigenvalue weighted by atomic mass is 35.5. The van der Waals surface area contributed by atoms with Gasteiger partial charge in [0.1, 0.15) is 10.6 Å². The topological polar surface area (TPSA) is 77.5 Å². The number of nitrogens with zero attached hydrogens (tertiary/aromatic N) is 1. The smallest absolute Gasteiger partial charge is 0.350 e. The summed E-state index contributed by atoms with van der Waals surface area (Å²) in [6.45, 7) is 5.32. The number of rotatable bonds is 6. The van der Waals surface area contributed by atoms with Gasteiger partial charge in [0.2, 0.25) is 0 Å². The molecule has 128 valence electrons. The molecule has 0 unspecified atom stereocenters. The highest BCUT2D eigenvalue weighted by Crippen LogP contribution is 2.24. The molecule has 6 nitrogen and oxygen atoms in total. The van der Waals surface area contributed by atoms with Gasteiger partial charge in [-0.05, 0) is 45.0 Å². The molecule has 1 atom stereocenters. The maximum atomic E-state index is 12.2. The molecule has 1 heterocycles. The van der Waals surface area contributed by atoms with E-state index in [0.717, 1.165) is 11.3 Å². The zero-order valence-electron chi connectivity index (χ0n) is 13.5. The fourth-order valence-electron chi connectivity index (χ4n) is 1.81. The monoisotopic (exact) mass is 368 g/mol. The van der Waals surface area contributed by atoms with Gasteiger partial charge in [0.25, 0.3) is 5.91 Å². The number of carbonyl (C=O) groups is 2. The Morgan fingerprint density at radius 1 is 1.33 bits per heavy atom. The molecule has 8 heteroatoms. The number of aromatic nitrogens is 1. The Morgan fingerprint density at radius 3 is 2.62 bits per heavy atom. The van der Waals surface area contributed by atoms with Crippen LogP contribution >= 0.6 is 22.9 Å². The summed E-state index contributed by atoms with van der Waals surface area (Å²) in [4.78, 5) is 28.5. The van der Waals surface area contributed by atoms with Gasteiger partial charge in [-0.2, -0.15) is 0 Å². The zero-order valence-corrected chi connectivity index (χ0v) is 15.0. The molecule has 0 aliphatic heterocycles. The molecule has 2 rings (SSSR count). The summed E-state index contributed by atoms with van der Waals surface area (Å²) in [5.41, 5.74) is 0.514. The number of aryl methyl sites for hydroxylation is 1. The van der Waals surface area contributed by atoms with Crippen LogP contribution in [0.15, 0.2) is 24.3 Å². The lowest BCUT2D eigenvalue weighted by Gasteiger charge is -2.13. The lowest BCUT2D eigenvalue weighted by atomic mass is 10.3. The lowest BCUT2D eigenvalue weighted by molar-refractivity contribution is -0.122. The van der Waals surface area contributed by atoms with Gasteiger partial charge in [-0.15, -0.1) is 0 Å². The molecule has 1 N–H and O–H groups in total. The first-order valence-corrected chi connectivity index (χ1v) is 8.47. The molecule has 0 fully saturated rings. The maximum absolute atomic E-state index is 12.2. The van der Waals surface area contributed by atoms with Crippen LogP contribution < -0.4 is 10.1 Å². The van der Waals surface area contributed by atoms with Gasteiger partial charge in [-0.3, -0.25) is 10.1 Å². The highest BCUT2D eigenvalue weighted by Gasteiger charge is 2.20. The minimum absolute atomic E-state index is 0.282. The number of carbonyl (C=O) groups excluding carboxylic acids is 2. The lowest BCUT2D eigenvalue weighted by Crippen LogP contribution is -2.30. The molecular formula is C16H17ClN2O4S. The number of thiazole rings is 1. The summed E-state index contributed by atoms with van der Waals surface area (Å²) in [6.07, 6.45) is -0.735.